The second-order valence-corrected chi connectivity index (χ2v) is 8.93. The number of methoxy groups -OCH3 is 2. The summed E-state index contributed by atoms with van der Waals surface area (Å²) in [5.74, 6) is 0.721. The molecule has 0 bridgehead atoms. The first-order valence-electron chi connectivity index (χ1n) is 12.1. The third kappa shape index (κ3) is 5.31. The molecule has 0 saturated carbocycles. The number of esters is 1. The lowest BCUT2D eigenvalue weighted by Gasteiger charge is -2.14. The summed E-state index contributed by atoms with van der Waals surface area (Å²) >= 11 is 0. The fourth-order valence-corrected chi connectivity index (χ4v) is 4.44. The minimum Gasteiger partial charge on any atom is -0.497 e. The SMILES string of the molecule is COC(=O)c1nc(NCc2ccc(OC)cc2)c2cnn(Cc3ccc(CN4CCCC4)cc3)c2n1. The van der Waals surface area contributed by atoms with E-state index in [1.165, 1.54) is 38.6 Å². The molecule has 0 radical (unpaired) electrons. The smallest absolute Gasteiger partial charge is 0.376 e. The average molecular weight is 487 g/mol. The maximum absolute atomic E-state index is 12.3. The quantitative estimate of drug-likeness (QED) is 0.356. The summed E-state index contributed by atoms with van der Waals surface area (Å²) in [6, 6.07) is 16.4. The first-order valence-corrected chi connectivity index (χ1v) is 12.1. The number of rotatable bonds is 9. The van der Waals surface area contributed by atoms with Gasteiger partial charge in [0.2, 0.25) is 5.82 Å². The number of carbonyl (C=O) groups is 1. The van der Waals surface area contributed by atoms with E-state index in [-0.39, 0.29) is 5.82 Å². The van der Waals surface area contributed by atoms with Gasteiger partial charge in [-0.05, 0) is 54.8 Å². The van der Waals surface area contributed by atoms with Crippen molar-refractivity contribution < 1.29 is 14.3 Å². The van der Waals surface area contributed by atoms with Gasteiger partial charge in [0.25, 0.3) is 0 Å². The van der Waals surface area contributed by atoms with Crippen molar-refractivity contribution in [1.29, 1.82) is 0 Å². The van der Waals surface area contributed by atoms with E-state index < -0.39 is 5.97 Å². The highest BCUT2D eigenvalue weighted by Crippen LogP contribution is 2.23. The summed E-state index contributed by atoms with van der Waals surface area (Å²) in [6.07, 6.45) is 4.31. The van der Waals surface area contributed by atoms with Crippen LogP contribution in [0.2, 0.25) is 0 Å². The Bertz CT molecular complexity index is 1330. The molecular weight excluding hydrogens is 456 g/mol. The van der Waals surface area contributed by atoms with Crippen molar-refractivity contribution in [3.8, 4) is 5.75 Å². The Morgan fingerprint density at radius 3 is 2.25 bits per heavy atom. The number of fused-ring (bicyclic) bond motifs is 1. The second-order valence-electron chi connectivity index (χ2n) is 8.93. The average Bonchev–Trinajstić information content (AvgIpc) is 3.58. The van der Waals surface area contributed by atoms with Gasteiger partial charge in [-0.2, -0.15) is 5.10 Å². The van der Waals surface area contributed by atoms with Crippen LogP contribution in [0.3, 0.4) is 0 Å². The molecule has 2 aromatic heterocycles. The molecule has 0 amide bonds. The molecular formula is C27H30N6O3. The van der Waals surface area contributed by atoms with Crippen molar-refractivity contribution in [3.05, 3.63) is 77.2 Å². The molecule has 36 heavy (non-hydrogen) atoms. The third-order valence-electron chi connectivity index (χ3n) is 6.44. The molecule has 4 aromatic rings. The number of nitrogens with one attached hydrogen (secondary N) is 1. The normalized spacial score (nSPS) is 13.7. The fraction of sp³-hybridized carbons (Fsp3) is 0.333. The standard InChI is InChI=1S/C27H30N6O3/c1-35-22-11-9-19(10-12-22)15-28-24-23-16-29-33(26(23)31-25(30-24)27(34)36-2)18-21-7-5-20(6-8-21)17-32-13-3-4-14-32/h5-12,16H,3-4,13-15,17-18H2,1-2H3,(H,28,30,31). The molecule has 1 saturated heterocycles. The van der Waals surface area contributed by atoms with Crippen LogP contribution in [-0.4, -0.2) is 57.9 Å². The van der Waals surface area contributed by atoms with Crippen molar-refractivity contribution in [3.63, 3.8) is 0 Å². The summed E-state index contributed by atoms with van der Waals surface area (Å²) in [5, 5.41) is 8.62. The summed E-state index contributed by atoms with van der Waals surface area (Å²) in [5.41, 5.74) is 4.04. The molecule has 5 rings (SSSR count). The van der Waals surface area contributed by atoms with E-state index in [0.717, 1.165) is 28.8 Å². The van der Waals surface area contributed by atoms with Crippen LogP contribution in [0, 0.1) is 0 Å². The molecule has 186 valence electrons. The van der Waals surface area contributed by atoms with Crippen LogP contribution < -0.4 is 10.1 Å². The number of hydrogen-bond donors (Lipinski definition) is 1. The molecule has 1 aliphatic rings. The number of aromatic nitrogens is 4. The lowest BCUT2D eigenvalue weighted by Crippen LogP contribution is -2.18. The van der Waals surface area contributed by atoms with Gasteiger partial charge in [0.05, 0.1) is 32.3 Å². The zero-order valence-electron chi connectivity index (χ0n) is 20.6. The van der Waals surface area contributed by atoms with Crippen LogP contribution in [-0.2, 0) is 24.4 Å². The first kappa shape index (κ1) is 23.7. The molecule has 1 N–H and O–H groups in total. The summed E-state index contributed by atoms with van der Waals surface area (Å²) in [6.45, 7) is 4.39. The van der Waals surface area contributed by atoms with E-state index >= 15 is 0 Å². The lowest BCUT2D eigenvalue weighted by molar-refractivity contribution is 0.0587. The van der Waals surface area contributed by atoms with E-state index in [1.807, 2.05) is 24.3 Å². The number of carbonyl (C=O) groups excluding carboxylic acids is 1. The van der Waals surface area contributed by atoms with Gasteiger partial charge < -0.3 is 14.8 Å². The third-order valence-corrected chi connectivity index (χ3v) is 6.44. The highest BCUT2D eigenvalue weighted by Gasteiger charge is 2.18. The van der Waals surface area contributed by atoms with Crippen molar-refractivity contribution in [2.45, 2.75) is 32.5 Å². The Kier molecular flexibility index (Phi) is 7.08. The molecule has 0 atom stereocenters. The van der Waals surface area contributed by atoms with Gasteiger partial charge in [0.1, 0.15) is 11.6 Å². The number of nitrogens with zero attached hydrogens (tertiary/aromatic N) is 5. The maximum atomic E-state index is 12.3. The lowest BCUT2D eigenvalue weighted by atomic mass is 10.1. The van der Waals surface area contributed by atoms with Gasteiger partial charge in [-0.3, -0.25) is 4.90 Å². The molecule has 9 nitrogen and oxygen atoms in total. The van der Waals surface area contributed by atoms with Crippen molar-refractivity contribution in [2.24, 2.45) is 0 Å². The minimum absolute atomic E-state index is 0.00931. The Balaban J connectivity index is 1.37. The highest BCUT2D eigenvalue weighted by atomic mass is 16.5. The fourth-order valence-electron chi connectivity index (χ4n) is 4.44. The molecule has 0 unspecified atom stereocenters. The molecule has 1 fully saturated rings. The number of benzene rings is 2. The minimum atomic E-state index is -0.594. The highest BCUT2D eigenvalue weighted by molar-refractivity contribution is 5.92. The van der Waals surface area contributed by atoms with E-state index in [1.54, 1.807) is 18.0 Å². The summed E-state index contributed by atoms with van der Waals surface area (Å²) in [7, 11) is 2.96. The Labute approximate surface area is 210 Å². The summed E-state index contributed by atoms with van der Waals surface area (Å²) in [4.78, 5) is 23.7. The monoisotopic (exact) mass is 486 g/mol. The maximum Gasteiger partial charge on any atom is 0.376 e. The first-order chi connectivity index (χ1) is 17.6. The molecule has 9 heteroatoms. The molecule has 1 aliphatic heterocycles. The van der Waals surface area contributed by atoms with Crippen LogP contribution in [0.4, 0.5) is 5.82 Å². The number of hydrogen-bond acceptors (Lipinski definition) is 8. The van der Waals surface area contributed by atoms with Gasteiger partial charge in [-0.15, -0.1) is 0 Å². The van der Waals surface area contributed by atoms with Crippen LogP contribution in [0.15, 0.2) is 54.7 Å². The van der Waals surface area contributed by atoms with Crippen LogP contribution in [0.1, 0.15) is 40.2 Å². The topological polar surface area (TPSA) is 94.4 Å². The number of likely N-dealkylation sites (tertiary alicyclic amines) is 1. The van der Waals surface area contributed by atoms with Crippen molar-refractivity contribution in [2.75, 3.05) is 32.6 Å². The number of anilines is 1. The zero-order valence-corrected chi connectivity index (χ0v) is 20.6. The van der Waals surface area contributed by atoms with Gasteiger partial charge in [-0.1, -0.05) is 36.4 Å². The number of ether oxygens (including phenoxy) is 2. The van der Waals surface area contributed by atoms with Gasteiger partial charge >= 0.3 is 5.97 Å². The molecule has 0 aliphatic carbocycles. The zero-order chi connectivity index (χ0) is 24.9. The Hall–Kier alpha value is -3.98. The molecule has 3 heterocycles. The van der Waals surface area contributed by atoms with Crippen molar-refractivity contribution >= 4 is 22.8 Å². The Morgan fingerprint density at radius 1 is 0.917 bits per heavy atom. The van der Waals surface area contributed by atoms with E-state index in [0.29, 0.717) is 24.6 Å². The predicted octanol–water partition coefficient (Wildman–Crippen LogP) is 3.88. The van der Waals surface area contributed by atoms with E-state index in [9.17, 15) is 4.79 Å². The van der Waals surface area contributed by atoms with Gasteiger partial charge in [0.15, 0.2) is 5.65 Å². The van der Waals surface area contributed by atoms with E-state index in [4.69, 9.17) is 9.47 Å². The largest absolute Gasteiger partial charge is 0.497 e. The molecule has 2 aromatic carbocycles. The van der Waals surface area contributed by atoms with Gasteiger partial charge in [-0.25, -0.2) is 19.4 Å². The van der Waals surface area contributed by atoms with E-state index in [2.05, 4.69) is 49.5 Å². The van der Waals surface area contributed by atoms with Crippen LogP contribution in [0.5, 0.6) is 5.75 Å². The summed E-state index contributed by atoms with van der Waals surface area (Å²) < 4.78 is 11.9. The molecule has 0 spiro atoms. The van der Waals surface area contributed by atoms with Gasteiger partial charge in [0, 0.05) is 13.1 Å². The van der Waals surface area contributed by atoms with Crippen LogP contribution >= 0.6 is 0 Å². The Morgan fingerprint density at radius 2 is 1.58 bits per heavy atom. The second kappa shape index (κ2) is 10.7. The van der Waals surface area contributed by atoms with Crippen LogP contribution in [0.25, 0.3) is 11.0 Å². The predicted molar refractivity (Wildman–Crippen MR) is 137 cm³/mol. The van der Waals surface area contributed by atoms with Crippen molar-refractivity contribution in [1.82, 2.24) is 24.6 Å².